The molecule has 88 valence electrons. The lowest BCUT2D eigenvalue weighted by Crippen LogP contribution is -2.26. The van der Waals surface area contributed by atoms with Gasteiger partial charge >= 0.3 is 0 Å². The van der Waals surface area contributed by atoms with Crippen LogP contribution in [0, 0.1) is 13.8 Å². The van der Waals surface area contributed by atoms with Crippen LogP contribution < -0.4 is 0 Å². The summed E-state index contributed by atoms with van der Waals surface area (Å²) in [5.74, 6) is -0.717. The summed E-state index contributed by atoms with van der Waals surface area (Å²) in [6, 6.07) is 6.19. The van der Waals surface area contributed by atoms with Crippen molar-refractivity contribution in [2.24, 2.45) is 0 Å². The molecule has 0 radical (unpaired) electrons. The lowest BCUT2D eigenvalue weighted by molar-refractivity contribution is -0.165. The van der Waals surface area contributed by atoms with Crippen molar-refractivity contribution < 1.29 is 14.6 Å². The Kier molecular flexibility index (Phi) is 3.02. The molecule has 3 nitrogen and oxygen atoms in total. The van der Waals surface area contributed by atoms with Crippen molar-refractivity contribution in [3.05, 3.63) is 34.9 Å². The van der Waals surface area contributed by atoms with Crippen LogP contribution in [0.2, 0.25) is 0 Å². The Balaban J connectivity index is 2.30. The van der Waals surface area contributed by atoms with Crippen molar-refractivity contribution in [3.63, 3.8) is 0 Å². The molecule has 1 aromatic rings. The molecule has 1 fully saturated rings. The molecule has 0 saturated carbocycles. The highest BCUT2D eigenvalue weighted by Gasteiger charge is 2.39. The topological polar surface area (TPSA) is 38.7 Å². The molecule has 1 aliphatic rings. The van der Waals surface area contributed by atoms with Crippen LogP contribution in [-0.2, 0) is 15.3 Å². The third-order valence-corrected chi connectivity index (χ3v) is 3.01. The number of rotatable bonds is 2. The molecule has 2 unspecified atom stereocenters. The van der Waals surface area contributed by atoms with Gasteiger partial charge in [-0.15, -0.1) is 0 Å². The third-order valence-electron chi connectivity index (χ3n) is 3.01. The predicted octanol–water partition coefficient (Wildman–Crippen LogP) is 1.88. The van der Waals surface area contributed by atoms with Gasteiger partial charge in [-0.25, -0.2) is 0 Å². The van der Waals surface area contributed by atoms with Gasteiger partial charge in [0.2, 0.25) is 0 Å². The highest BCUT2D eigenvalue weighted by Crippen LogP contribution is 2.35. The number of aliphatic hydroxyl groups is 1. The van der Waals surface area contributed by atoms with Crippen LogP contribution in [0.4, 0.5) is 0 Å². The van der Waals surface area contributed by atoms with Crippen LogP contribution in [0.15, 0.2) is 18.2 Å². The van der Waals surface area contributed by atoms with Crippen LogP contribution in [0.3, 0.4) is 0 Å². The van der Waals surface area contributed by atoms with Crippen LogP contribution in [-0.4, -0.2) is 24.4 Å². The highest BCUT2D eigenvalue weighted by molar-refractivity contribution is 5.33. The van der Waals surface area contributed by atoms with E-state index in [9.17, 15) is 0 Å². The molecule has 1 saturated heterocycles. The van der Waals surface area contributed by atoms with E-state index in [4.69, 9.17) is 14.6 Å². The first-order chi connectivity index (χ1) is 7.55. The molecule has 2 rings (SSSR count). The Hall–Kier alpha value is -0.900. The zero-order valence-corrected chi connectivity index (χ0v) is 9.99. The molecule has 0 bridgehead atoms. The molecule has 1 N–H and O–H groups in total. The maximum atomic E-state index is 9.05. The smallest absolute Gasteiger partial charge is 0.192 e. The van der Waals surface area contributed by atoms with Crippen LogP contribution in [0.25, 0.3) is 0 Å². The Morgan fingerprint density at radius 1 is 1.44 bits per heavy atom. The quantitative estimate of drug-likeness (QED) is 0.830. The molecule has 3 heteroatoms. The second kappa shape index (κ2) is 4.17. The normalized spacial score (nSPS) is 29.6. The summed E-state index contributed by atoms with van der Waals surface area (Å²) in [5.41, 5.74) is 3.41. The second-order valence-corrected chi connectivity index (χ2v) is 4.50. The molecule has 1 heterocycles. The van der Waals surface area contributed by atoms with Gasteiger partial charge in [0.25, 0.3) is 0 Å². The Labute approximate surface area is 96.0 Å². The van der Waals surface area contributed by atoms with Crippen molar-refractivity contribution in [1.82, 2.24) is 0 Å². The minimum atomic E-state index is -0.717. The van der Waals surface area contributed by atoms with E-state index in [0.29, 0.717) is 6.61 Å². The first-order valence-corrected chi connectivity index (χ1v) is 5.55. The summed E-state index contributed by atoms with van der Waals surface area (Å²) in [6.07, 6.45) is -0.217. The lowest BCUT2D eigenvalue weighted by Gasteiger charge is -2.25. The van der Waals surface area contributed by atoms with Crippen LogP contribution >= 0.6 is 0 Å². The maximum absolute atomic E-state index is 9.05. The van der Waals surface area contributed by atoms with Crippen molar-refractivity contribution >= 4 is 0 Å². The summed E-state index contributed by atoms with van der Waals surface area (Å²) in [7, 11) is 0. The molecule has 1 aromatic carbocycles. The van der Waals surface area contributed by atoms with Gasteiger partial charge in [-0.3, -0.25) is 0 Å². The van der Waals surface area contributed by atoms with Crippen LogP contribution in [0.1, 0.15) is 23.6 Å². The van der Waals surface area contributed by atoms with Gasteiger partial charge in [0, 0.05) is 5.56 Å². The Morgan fingerprint density at radius 3 is 2.75 bits per heavy atom. The van der Waals surface area contributed by atoms with Crippen molar-refractivity contribution in [3.8, 4) is 0 Å². The standard InChI is InChI=1S/C13H18O3/c1-9-4-5-12(10(2)6-9)13(3)15-8-11(7-14)16-13/h4-6,11,14H,7-8H2,1-3H3. The largest absolute Gasteiger partial charge is 0.394 e. The molecule has 2 atom stereocenters. The summed E-state index contributed by atoms with van der Waals surface area (Å²) in [5, 5.41) is 9.05. The Morgan fingerprint density at radius 2 is 2.19 bits per heavy atom. The fraction of sp³-hybridized carbons (Fsp3) is 0.538. The molecular weight excluding hydrogens is 204 g/mol. The number of ether oxygens (including phenoxy) is 2. The minimum Gasteiger partial charge on any atom is -0.394 e. The molecule has 0 aromatic heterocycles. The van der Waals surface area contributed by atoms with Gasteiger partial charge in [0.15, 0.2) is 5.79 Å². The van der Waals surface area contributed by atoms with Crippen molar-refractivity contribution in [2.75, 3.05) is 13.2 Å². The average molecular weight is 222 g/mol. The van der Waals surface area contributed by atoms with Gasteiger partial charge in [-0.2, -0.15) is 0 Å². The number of hydrogen-bond donors (Lipinski definition) is 1. The number of benzene rings is 1. The van der Waals surface area contributed by atoms with E-state index in [1.807, 2.05) is 26.0 Å². The minimum absolute atomic E-state index is 0.000495. The molecule has 16 heavy (non-hydrogen) atoms. The van der Waals surface area contributed by atoms with Crippen molar-refractivity contribution in [2.45, 2.75) is 32.7 Å². The maximum Gasteiger partial charge on any atom is 0.192 e. The van der Waals surface area contributed by atoms with Gasteiger partial charge in [-0.1, -0.05) is 23.8 Å². The van der Waals surface area contributed by atoms with Gasteiger partial charge in [0.05, 0.1) is 13.2 Å². The van der Waals surface area contributed by atoms with E-state index in [1.165, 1.54) is 5.56 Å². The van der Waals surface area contributed by atoms with E-state index < -0.39 is 5.79 Å². The zero-order valence-electron chi connectivity index (χ0n) is 9.99. The molecule has 0 spiro atoms. The number of hydrogen-bond acceptors (Lipinski definition) is 3. The van der Waals surface area contributed by atoms with Crippen molar-refractivity contribution in [1.29, 1.82) is 0 Å². The van der Waals surface area contributed by atoms with E-state index in [-0.39, 0.29) is 12.7 Å². The lowest BCUT2D eigenvalue weighted by atomic mass is 9.99. The zero-order chi connectivity index (χ0) is 11.8. The first-order valence-electron chi connectivity index (χ1n) is 5.55. The number of aliphatic hydroxyl groups excluding tert-OH is 1. The molecule has 1 aliphatic heterocycles. The third kappa shape index (κ3) is 1.98. The van der Waals surface area contributed by atoms with Gasteiger partial charge in [0.1, 0.15) is 6.10 Å². The van der Waals surface area contributed by atoms with E-state index in [0.717, 1.165) is 11.1 Å². The fourth-order valence-electron chi connectivity index (χ4n) is 2.19. The average Bonchev–Trinajstić information content (AvgIpc) is 2.61. The molecular formula is C13H18O3. The monoisotopic (exact) mass is 222 g/mol. The van der Waals surface area contributed by atoms with E-state index in [1.54, 1.807) is 0 Å². The summed E-state index contributed by atoms with van der Waals surface area (Å²) >= 11 is 0. The van der Waals surface area contributed by atoms with Gasteiger partial charge < -0.3 is 14.6 Å². The molecule has 0 aliphatic carbocycles. The van der Waals surface area contributed by atoms with Gasteiger partial charge in [-0.05, 0) is 26.3 Å². The predicted molar refractivity (Wildman–Crippen MR) is 61.2 cm³/mol. The summed E-state index contributed by atoms with van der Waals surface area (Å²) in [6.45, 7) is 6.46. The van der Waals surface area contributed by atoms with E-state index in [2.05, 4.69) is 13.0 Å². The first kappa shape index (κ1) is 11.6. The summed E-state index contributed by atoms with van der Waals surface area (Å²) in [4.78, 5) is 0. The fourth-order valence-corrected chi connectivity index (χ4v) is 2.19. The molecule has 0 amide bonds. The van der Waals surface area contributed by atoms with Crippen LogP contribution in [0.5, 0.6) is 0 Å². The van der Waals surface area contributed by atoms with E-state index >= 15 is 0 Å². The second-order valence-electron chi connectivity index (χ2n) is 4.50. The Bertz CT molecular complexity index is 389. The highest BCUT2D eigenvalue weighted by atomic mass is 16.7. The number of aryl methyl sites for hydroxylation is 2. The SMILES string of the molecule is Cc1ccc(C2(C)OCC(CO)O2)c(C)c1. The summed E-state index contributed by atoms with van der Waals surface area (Å²) < 4.78 is 11.4.